The summed E-state index contributed by atoms with van der Waals surface area (Å²) < 4.78 is 6.64. The van der Waals surface area contributed by atoms with Crippen LogP contribution in [0.4, 0.5) is 5.13 Å². The molecule has 1 atom stereocenters. The zero-order chi connectivity index (χ0) is 19.4. The van der Waals surface area contributed by atoms with Crippen LogP contribution in [0.25, 0.3) is 11.0 Å². The normalized spacial score (nSPS) is 16.0. The van der Waals surface area contributed by atoms with Crippen LogP contribution in [-0.2, 0) is 0 Å². The quantitative estimate of drug-likeness (QED) is 0.456. The third-order valence-corrected chi connectivity index (χ3v) is 5.89. The summed E-state index contributed by atoms with van der Waals surface area (Å²) in [6.45, 7) is 1.81. The van der Waals surface area contributed by atoms with Crippen LogP contribution in [0.1, 0.15) is 32.7 Å². The van der Waals surface area contributed by atoms with E-state index >= 15 is 0 Å². The Balaban J connectivity index is 1.84. The molecule has 3 aromatic heterocycles. The van der Waals surface area contributed by atoms with Crippen molar-refractivity contribution in [1.29, 1.82) is 0 Å². The highest BCUT2D eigenvalue weighted by atomic mass is 79.9. The minimum atomic E-state index is -0.678. The molecule has 0 radical (unpaired) electrons. The highest BCUT2D eigenvalue weighted by Crippen LogP contribution is 2.41. The summed E-state index contributed by atoms with van der Waals surface area (Å²) in [7, 11) is 0. The van der Waals surface area contributed by atoms with Crippen molar-refractivity contribution in [2.45, 2.75) is 13.0 Å². The summed E-state index contributed by atoms with van der Waals surface area (Å²) in [6.07, 6.45) is 3.28. The monoisotopic (exact) mass is 454 g/mol. The summed E-state index contributed by atoms with van der Waals surface area (Å²) in [6, 6.07) is 8.05. The van der Waals surface area contributed by atoms with E-state index < -0.39 is 11.9 Å². The Kier molecular flexibility index (Phi) is 3.88. The van der Waals surface area contributed by atoms with Crippen LogP contribution < -0.4 is 10.3 Å². The average molecular weight is 455 g/mol. The second-order valence-electron chi connectivity index (χ2n) is 6.28. The Labute approximate surface area is 170 Å². The van der Waals surface area contributed by atoms with E-state index in [0.717, 1.165) is 9.48 Å². The van der Waals surface area contributed by atoms with Crippen LogP contribution in [-0.4, -0.2) is 21.1 Å². The number of nitrogens with zero attached hydrogens (tertiary/aromatic N) is 4. The van der Waals surface area contributed by atoms with E-state index in [1.165, 1.54) is 16.2 Å². The average Bonchev–Trinajstić information content (AvgIpc) is 3.24. The van der Waals surface area contributed by atoms with Crippen molar-refractivity contribution in [2.75, 3.05) is 4.90 Å². The predicted octanol–water partition coefficient (Wildman–Crippen LogP) is 3.86. The second-order valence-corrected chi connectivity index (χ2v) is 8.36. The summed E-state index contributed by atoms with van der Waals surface area (Å²) in [5.74, 6) is -0.386. The minimum Gasteiger partial charge on any atom is -0.450 e. The summed E-state index contributed by atoms with van der Waals surface area (Å²) >= 11 is 4.67. The number of rotatable bonds is 2. The molecule has 0 aliphatic carbocycles. The lowest BCUT2D eigenvalue weighted by Gasteiger charge is -2.21. The van der Waals surface area contributed by atoms with Gasteiger partial charge in [-0.3, -0.25) is 19.5 Å². The van der Waals surface area contributed by atoms with Gasteiger partial charge in [0, 0.05) is 16.9 Å². The Bertz CT molecular complexity index is 1300. The van der Waals surface area contributed by atoms with E-state index in [1.54, 1.807) is 36.7 Å². The van der Waals surface area contributed by atoms with Gasteiger partial charge in [-0.2, -0.15) is 0 Å². The highest BCUT2D eigenvalue weighted by Gasteiger charge is 2.45. The number of carbonyl (C=O) groups is 1. The molecular formula is C19H11BrN4O3S. The number of pyridine rings is 1. The fourth-order valence-corrected chi connectivity index (χ4v) is 4.45. The molecule has 28 heavy (non-hydrogen) atoms. The maximum Gasteiger partial charge on any atom is 0.297 e. The van der Waals surface area contributed by atoms with Crippen LogP contribution in [0.2, 0.25) is 0 Å². The minimum absolute atomic E-state index is 0.0292. The number of benzene rings is 1. The van der Waals surface area contributed by atoms with Gasteiger partial charge in [0.05, 0.1) is 17.0 Å². The first-order valence-electron chi connectivity index (χ1n) is 8.34. The molecule has 1 aromatic carbocycles. The third-order valence-electron chi connectivity index (χ3n) is 4.55. The molecule has 0 spiro atoms. The molecule has 1 amide bonds. The Morgan fingerprint density at radius 1 is 1.21 bits per heavy atom. The van der Waals surface area contributed by atoms with Gasteiger partial charge in [0.2, 0.25) is 10.9 Å². The van der Waals surface area contributed by atoms with Crippen LogP contribution in [0.15, 0.2) is 56.4 Å². The smallest absolute Gasteiger partial charge is 0.297 e. The zero-order valence-corrected chi connectivity index (χ0v) is 16.8. The number of hydrogen-bond donors (Lipinski definition) is 0. The van der Waals surface area contributed by atoms with Gasteiger partial charge in [-0.25, -0.2) is 0 Å². The topological polar surface area (TPSA) is 89.2 Å². The van der Waals surface area contributed by atoms with Gasteiger partial charge in [0.1, 0.15) is 10.6 Å². The summed E-state index contributed by atoms with van der Waals surface area (Å²) in [5.41, 5.74) is 1.10. The van der Waals surface area contributed by atoms with Crippen molar-refractivity contribution in [3.05, 3.63) is 79.3 Å². The highest BCUT2D eigenvalue weighted by molar-refractivity contribution is 9.10. The van der Waals surface area contributed by atoms with Gasteiger partial charge in [-0.1, -0.05) is 33.3 Å². The van der Waals surface area contributed by atoms with Gasteiger partial charge in [-0.05, 0) is 36.8 Å². The van der Waals surface area contributed by atoms with Crippen molar-refractivity contribution in [3.63, 3.8) is 0 Å². The van der Waals surface area contributed by atoms with E-state index in [4.69, 9.17) is 4.42 Å². The lowest BCUT2D eigenvalue weighted by atomic mass is 10.0. The lowest BCUT2D eigenvalue weighted by molar-refractivity contribution is 0.0970. The molecule has 0 N–H and O–H groups in total. The number of fused-ring (bicyclic) bond motifs is 2. The molecule has 9 heteroatoms. The standard InChI is InChI=1S/C19H11BrN4O3S/c1-9-22-23-19(28-9)24-15(10-3-2-6-21-8-10)14-16(25)12-7-11(20)4-5-13(12)27-17(14)18(24)26/h2-8,15H,1H3. The Hall–Kier alpha value is -2.91. The maximum absolute atomic E-state index is 13.4. The van der Waals surface area contributed by atoms with E-state index in [9.17, 15) is 9.59 Å². The fraction of sp³-hybridized carbons (Fsp3) is 0.105. The van der Waals surface area contributed by atoms with E-state index in [-0.39, 0.29) is 16.8 Å². The van der Waals surface area contributed by atoms with Gasteiger partial charge >= 0.3 is 0 Å². The van der Waals surface area contributed by atoms with E-state index in [2.05, 4.69) is 31.1 Å². The van der Waals surface area contributed by atoms with Crippen LogP contribution in [0.5, 0.6) is 0 Å². The van der Waals surface area contributed by atoms with Crippen LogP contribution in [0.3, 0.4) is 0 Å². The predicted molar refractivity (Wildman–Crippen MR) is 108 cm³/mol. The first-order valence-corrected chi connectivity index (χ1v) is 9.95. The van der Waals surface area contributed by atoms with E-state index in [1.807, 2.05) is 13.0 Å². The van der Waals surface area contributed by atoms with Gasteiger partial charge < -0.3 is 4.42 Å². The third kappa shape index (κ3) is 2.50. The number of aryl methyl sites for hydroxylation is 1. The van der Waals surface area contributed by atoms with Gasteiger partial charge in [0.25, 0.3) is 5.91 Å². The molecule has 0 bridgehead atoms. The van der Waals surface area contributed by atoms with Crippen molar-refractivity contribution < 1.29 is 9.21 Å². The summed E-state index contributed by atoms with van der Waals surface area (Å²) in [4.78, 5) is 32.2. The molecule has 0 saturated carbocycles. The Morgan fingerprint density at radius 3 is 2.79 bits per heavy atom. The number of aromatic nitrogens is 3. The molecule has 5 rings (SSSR count). The molecule has 1 aliphatic rings. The number of anilines is 1. The number of hydrogen-bond acceptors (Lipinski definition) is 7. The molecule has 0 fully saturated rings. The molecular weight excluding hydrogens is 444 g/mol. The maximum atomic E-state index is 13.4. The first kappa shape index (κ1) is 17.2. The molecule has 0 saturated heterocycles. The molecule has 138 valence electrons. The Morgan fingerprint density at radius 2 is 2.07 bits per heavy atom. The fourth-order valence-electron chi connectivity index (χ4n) is 3.38. The van der Waals surface area contributed by atoms with Crippen LogP contribution >= 0.6 is 27.3 Å². The number of halogens is 1. The largest absolute Gasteiger partial charge is 0.450 e. The molecule has 1 unspecified atom stereocenters. The zero-order valence-electron chi connectivity index (χ0n) is 14.4. The summed E-state index contributed by atoms with van der Waals surface area (Å²) in [5, 5.41) is 9.68. The second kappa shape index (κ2) is 6.32. The molecule has 4 aromatic rings. The number of carbonyl (C=O) groups excluding carboxylic acids is 1. The van der Waals surface area contributed by atoms with Gasteiger partial charge in [0.15, 0.2) is 5.43 Å². The van der Waals surface area contributed by atoms with Gasteiger partial charge in [-0.15, -0.1) is 10.2 Å². The van der Waals surface area contributed by atoms with E-state index in [0.29, 0.717) is 21.7 Å². The lowest BCUT2D eigenvalue weighted by Crippen LogP contribution is -2.29. The molecule has 4 heterocycles. The number of amides is 1. The SMILES string of the molecule is Cc1nnc(N2C(=O)c3oc4ccc(Br)cc4c(=O)c3C2c2cccnc2)s1. The first-order chi connectivity index (χ1) is 13.5. The van der Waals surface area contributed by atoms with Crippen molar-refractivity contribution in [2.24, 2.45) is 0 Å². The molecule has 1 aliphatic heterocycles. The van der Waals surface area contributed by atoms with Crippen molar-refractivity contribution >= 4 is 49.3 Å². The van der Waals surface area contributed by atoms with Crippen molar-refractivity contribution in [3.8, 4) is 0 Å². The molecule has 7 nitrogen and oxygen atoms in total. The van der Waals surface area contributed by atoms with Crippen LogP contribution in [0, 0.1) is 6.92 Å². The van der Waals surface area contributed by atoms with Crippen molar-refractivity contribution in [1.82, 2.24) is 15.2 Å².